The number of aromatic nitrogens is 1. The molecule has 1 heterocycles. The van der Waals surface area contributed by atoms with Gasteiger partial charge in [0, 0.05) is 27.7 Å². The number of rotatable bonds is 2. The lowest BCUT2D eigenvalue weighted by Gasteiger charge is -2.11. The standard InChI is InChI=1S/C16H11BrFNO/c17-12-6-5-11(14(18)9-12)10-19-8-7-16(20)13-3-1-2-4-15(13)19/h1-9H,10H2. The number of halogens is 2. The summed E-state index contributed by atoms with van der Waals surface area (Å²) in [6, 6.07) is 13.9. The maximum atomic E-state index is 13.9. The molecule has 0 spiro atoms. The smallest absolute Gasteiger partial charge is 0.189 e. The molecule has 4 heteroatoms. The van der Waals surface area contributed by atoms with Crippen LogP contribution in [0.3, 0.4) is 0 Å². The molecule has 2 nitrogen and oxygen atoms in total. The van der Waals surface area contributed by atoms with Crippen LogP contribution < -0.4 is 5.43 Å². The Balaban J connectivity index is 2.11. The molecule has 0 unspecified atom stereocenters. The molecule has 3 rings (SSSR count). The molecule has 0 bridgehead atoms. The second-order valence-electron chi connectivity index (χ2n) is 4.56. The number of nitrogens with zero attached hydrogens (tertiary/aromatic N) is 1. The number of fused-ring (bicyclic) bond motifs is 1. The largest absolute Gasteiger partial charge is 0.343 e. The summed E-state index contributed by atoms with van der Waals surface area (Å²) >= 11 is 3.24. The summed E-state index contributed by atoms with van der Waals surface area (Å²) in [5, 5.41) is 0.646. The van der Waals surface area contributed by atoms with Crippen LogP contribution in [0.25, 0.3) is 10.9 Å². The monoisotopic (exact) mass is 331 g/mol. The van der Waals surface area contributed by atoms with Crippen LogP contribution in [-0.4, -0.2) is 4.57 Å². The Morgan fingerprint density at radius 1 is 1.10 bits per heavy atom. The van der Waals surface area contributed by atoms with Crippen molar-refractivity contribution >= 4 is 26.8 Å². The molecule has 100 valence electrons. The molecule has 0 radical (unpaired) electrons. The van der Waals surface area contributed by atoms with Crippen LogP contribution in [0.15, 0.2) is 64.0 Å². The minimum atomic E-state index is -0.262. The molecule has 0 saturated heterocycles. The fourth-order valence-electron chi connectivity index (χ4n) is 2.23. The van der Waals surface area contributed by atoms with Crippen molar-refractivity contribution in [1.82, 2.24) is 4.57 Å². The van der Waals surface area contributed by atoms with Gasteiger partial charge in [0.15, 0.2) is 5.43 Å². The summed E-state index contributed by atoms with van der Waals surface area (Å²) in [5.74, 6) is -0.262. The van der Waals surface area contributed by atoms with E-state index in [9.17, 15) is 9.18 Å². The molecule has 0 fully saturated rings. The van der Waals surface area contributed by atoms with Gasteiger partial charge in [0.25, 0.3) is 0 Å². The normalized spacial score (nSPS) is 10.9. The highest BCUT2D eigenvalue weighted by molar-refractivity contribution is 9.10. The zero-order valence-corrected chi connectivity index (χ0v) is 12.1. The molecule has 20 heavy (non-hydrogen) atoms. The Kier molecular flexibility index (Phi) is 3.40. The van der Waals surface area contributed by atoms with Gasteiger partial charge in [-0.2, -0.15) is 0 Å². The van der Waals surface area contributed by atoms with Gasteiger partial charge >= 0.3 is 0 Å². The van der Waals surface area contributed by atoms with Crippen molar-refractivity contribution in [3.63, 3.8) is 0 Å². The summed E-state index contributed by atoms with van der Waals surface area (Å²) in [7, 11) is 0. The number of benzene rings is 2. The molecule has 0 N–H and O–H groups in total. The van der Waals surface area contributed by atoms with Crippen LogP contribution in [0.1, 0.15) is 5.56 Å². The van der Waals surface area contributed by atoms with E-state index in [1.165, 1.54) is 12.1 Å². The predicted octanol–water partition coefficient (Wildman–Crippen LogP) is 3.95. The van der Waals surface area contributed by atoms with Gasteiger partial charge in [-0.05, 0) is 24.3 Å². The first-order chi connectivity index (χ1) is 9.65. The molecule has 0 aliphatic heterocycles. The number of para-hydroxylation sites is 1. The van der Waals surface area contributed by atoms with Gasteiger partial charge in [-0.15, -0.1) is 0 Å². The van der Waals surface area contributed by atoms with Crippen LogP contribution in [0.4, 0.5) is 4.39 Å². The van der Waals surface area contributed by atoms with Gasteiger partial charge in [-0.3, -0.25) is 4.79 Å². The lowest BCUT2D eigenvalue weighted by atomic mass is 10.1. The molecule has 0 aliphatic carbocycles. The van der Waals surface area contributed by atoms with Crippen LogP contribution in [0, 0.1) is 5.82 Å². The molecule has 0 atom stereocenters. The Hall–Kier alpha value is -1.94. The molecule has 0 aliphatic rings. The molecule has 2 aromatic carbocycles. The third-order valence-corrected chi connectivity index (χ3v) is 3.73. The highest BCUT2D eigenvalue weighted by atomic mass is 79.9. The lowest BCUT2D eigenvalue weighted by molar-refractivity contribution is 0.600. The fraction of sp³-hybridized carbons (Fsp3) is 0.0625. The molecule has 1 aromatic heterocycles. The Bertz CT molecular complexity index is 841. The fourth-order valence-corrected chi connectivity index (χ4v) is 2.56. The number of hydrogen-bond donors (Lipinski definition) is 0. The van der Waals surface area contributed by atoms with E-state index >= 15 is 0 Å². The minimum Gasteiger partial charge on any atom is -0.343 e. The van der Waals surface area contributed by atoms with Crippen molar-refractivity contribution in [3.05, 3.63) is 80.8 Å². The maximum absolute atomic E-state index is 13.9. The molecular formula is C16H11BrFNO. The SMILES string of the molecule is O=c1ccn(Cc2ccc(Br)cc2F)c2ccccc12. The highest BCUT2D eigenvalue weighted by Crippen LogP contribution is 2.18. The van der Waals surface area contributed by atoms with Gasteiger partial charge in [0.05, 0.1) is 12.1 Å². The third kappa shape index (κ3) is 2.39. The highest BCUT2D eigenvalue weighted by Gasteiger charge is 2.06. The van der Waals surface area contributed by atoms with E-state index < -0.39 is 0 Å². The topological polar surface area (TPSA) is 22.0 Å². The zero-order chi connectivity index (χ0) is 14.1. The first-order valence-electron chi connectivity index (χ1n) is 6.17. The van der Waals surface area contributed by atoms with Crippen molar-refractivity contribution in [2.24, 2.45) is 0 Å². The van der Waals surface area contributed by atoms with E-state index in [0.29, 0.717) is 22.0 Å². The van der Waals surface area contributed by atoms with Crippen molar-refractivity contribution in [2.45, 2.75) is 6.54 Å². The minimum absolute atomic E-state index is 0.0203. The zero-order valence-electron chi connectivity index (χ0n) is 10.5. The maximum Gasteiger partial charge on any atom is 0.189 e. The van der Waals surface area contributed by atoms with Crippen LogP contribution >= 0.6 is 15.9 Å². The Morgan fingerprint density at radius 3 is 2.70 bits per heavy atom. The van der Waals surface area contributed by atoms with Gasteiger partial charge in [0.1, 0.15) is 5.82 Å². The van der Waals surface area contributed by atoms with E-state index in [1.54, 1.807) is 18.3 Å². The second-order valence-corrected chi connectivity index (χ2v) is 5.48. The van der Waals surface area contributed by atoms with Gasteiger partial charge in [-0.1, -0.05) is 34.1 Å². The Labute approximate surface area is 123 Å². The van der Waals surface area contributed by atoms with Gasteiger partial charge in [0.2, 0.25) is 0 Å². The predicted molar refractivity (Wildman–Crippen MR) is 81.4 cm³/mol. The van der Waals surface area contributed by atoms with Gasteiger partial charge < -0.3 is 4.57 Å². The average molecular weight is 332 g/mol. The second kappa shape index (κ2) is 5.21. The van der Waals surface area contributed by atoms with Gasteiger partial charge in [-0.25, -0.2) is 4.39 Å². The van der Waals surface area contributed by atoms with Crippen molar-refractivity contribution in [3.8, 4) is 0 Å². The first kappa shape index (κ1) is 13.1. The molecule has 0 saturated carbocycles. The summed E-state index contributed by atoms with van der Waals surface area (Å²) in [6.07, 6.45) is 1.70. The average Bonchev–Trinajstić information content (AvgIpc) is 2.45. The van der Waals surface area contributed by atoms with E-state index in [4.69, 9.17) is 0 Å². The third-order valence-electron chi connectivity index (χ3n) is 3.24. The quantitative estimate of drug-likeness (QED) is 0.696. The first-order valence-corrected chi connectivity index (χ1v) is 6.96. The van der Waals surface area contributed by atoms with Crippen LogP contribution in [0.2, 0.25) is 0 Å². The van der Waals surface area contributed by atoms with E-state index in [1.807, 2.05) is 28.8 Å². The summed E-state index contributed by atoms with van der Waals surface area (Å²) in [5.41, 5.74) is 1.37. The number of pyridine rings is 1. The summed E-state index contributed by atoms with van der Waals surface area (Å²) < 4.78 is 16.5. The van der Waals surface area contributed by atoms with Crippen LogP contribution in [-0.2, 0) is 6.54 Å². The van der Waals surface area contributed by atoms with E-state index in [2.05, 4.69) is 15.9 Å². The Morgan fingerprint density at radius 2 is 1.90 bits per heavy atom. The summed E-state index contributed by atoms with van der Waals surface area (Å²) in [6.45, 7) is 0.389. The summed E-state index contributed by atoms with van der Waals surface area (Å²) in [4.78, 5) is 11.8. The number of hydrogen-bond acceptors (Lipinski definition) is 1. The van der Waals surface area contributed by atoms with Crippen molar-refractivity contribution < 1.29 is 4.39 Å². The van der Waals surface area contributed by atoms with Crippen LogP contribution in [0.5, 0.6) is 0 Å². The van der Waals surface area contributed by atoms with E-state index in [0.717, 1.165) is 5.52 Å². The molecule has 3 aromatic rings. The van der Waals surface area contributed by atoms with Crippen molar-refractivity contribution in [2.75, 3.05) is 0 Å². The lowest BCUT2D eigenvalue weighted by Crippen LogP contribution is -2.09. The molecular weight excluding hydrogens is 321 g/mol. The van der Waals surface area contributed by atoms with E-state index in [-0.39, 0.29) is 11.2 Å². The van der Waals surface area contributed by atoms with Crippen molar-refractivity contribution in [1.29, 1.82) is 0 Å². The molecule has 0 amide bonds.